The highest BCUT2D eigenvalue weighted by atomic mass is 32.1. The molecule has 286 valence electrons. The molecule has 2 aromatic carbocycles. The Hall–Kier alpha value is -3.77. The molecule has 4 saturated carbocycles. The second-order valence-electron chi connectivity index (χ2n) is 16.0. The quantitative estimate of drug-likeness (QED) is 0.107. The summed E-state index contributed by atoms with van der Waals surface area (Å²) in [7, 11) is 4.80. The summed E-state index contributed by atoms with van der Waals surface area (Å²) >= 11 is 11.4. The smallest absolute Gasteiger partial charge is 0.305 e. The summed E-state index contributed by atoms with van der Waals surface area (Å²) in [6.07, 6.45) is 9.97. The van der Waals surface area contributed by atoms with Gasteiger partial charge in [0.15, 0.2) is 10.2 Å². The molecule has 0 aromatic heterocycles. The van der Waals surface area contributed by atoms with Crippen LogP contribution in [0.5, 0.6) is 11.5 Å². The number of hydrazone groups is 2. The molecule has 4 N–H and O–H groups in total. The summed E-state index contributed by atoms with van der Waals surface area (Å²) in [5.41, 5.74) is 10.9. The first-order valence-corrected chi connectivity index (χ1v) is 19.9. The van der Waals surface area contributed by atoms with E-state index in [1.807, 2.05) is 48.5 Å². The van der Waals surface area contributed by atoms with Crippen molar-refractivity contribution in [3.8, 4) is 11.5 Å². The van der Waals surface area contributed by atoms with Gasteiger partial charge in [0, 0.05) is 35.1 Å². The summed E-state index contributed by atoms with van der Waals surface area (Å²) in [5.74, 6) is 4.35. The summed E-state index contributed by atoms with van der Waals surface area (Å²) in [6, 6.07) is 15.4. The van der Waals surface area contributed by atoms with E-state index in [0.717, 1.165) is 60.7 Å². The second-order valence-corrected chi connectivity index (χ2v) is 16.9. The van der Waals surface area contributed by atoms with Gasteiger partial charge >= 0.3 is 5.97 Å². The van der Waals surface area contributed by atoms with E-state index in [1.54, 1.807) is 14.2 Å². The third-order valence-electron chi connectivity index (χ3n) is 13.4. The lowest BCUT2D eigenvalue weighted by Crippen LogP contribution is -2.57. The van der Waals surface area contributed by atoms with E-state index in [0.29, 0.717) is 52.2 Å². The van der Waals surface area contributed by atoms with Gasteiger partial charge in [0.05, 0.1) is 21.3 Å². The van der Waals surface area contributed by atoms with Crippen LogP contribution < -0.4 is 31.0 Å². The molecular weight excluding hydrogens is 705 g/mol. The Morgan fingerprint density at radius 2 is 1.40 bits per heavy atom. The lowest BCUT2D eigenvalue weighted by Gasteiger charge is -2.61. The number of hydrogen-bond acceptors (Lipinski definition) is 8. The molecule has 8 atom stereocenters. The molecule has 0 saturated heterocycles. The highest BCUT2D eigenvalue weighted by Gasteiger charge is 2.62. The highest BCUT2D eigenvalue weighted by Crippen LogP contribution is 2.67. The van der Waals surface area contributed by atoms with Gasteiger partial charge in [0.1, 0.15) is 11.5 Å². The van der Waals surface area contributed by atoms with E-state index in [2.05, 4.69) is 42.3 Å². The first kappa shape index (κ1) is 38.9. The highest BCUT2D eigenvalue weighted by molar-refractivity contribution is 7.80. The molecule has 6 rings (SSSR count). The first-order valence-electron chi connectivity index (χ1n) is 19.1. The molecular formula is C41H56N6O4S2. The lowest BCUT2D eigenvalue weighted by molar-refractivity contribution is -0.141. The predicted molar refractivity (Wildman–Crippen MR) is 221 cm³/mol. The van der Waals surface area contributed by atoms with Crippen molar-refractivity contribution < 1.29 is 19.0 Å². The van der Waals surface area contributed by atoms with Gasteiger partial charge < -0.3 is 24.8 Å². The molecule has 4 fully saturated rings. The van der Waals surface area contributed by atoms with Crippen LogP contribution in [-0.4, -0.2) is 48.9 Å². The molecule has 10 nitrogen and oxygen atoms in total. The zero-order chi connectivity index (χ0) is 37.8. The number of hydrogen-bond donors (Lipinski definition) is 4. The van der Waals surface area contributed by atoms with Crippen molar-refractivity contribution >= 4 is 63.4 Å². The SMILES string of the molecule is COC(=O)CC[C@@H](C)[C@H]1CC[C@H]2[C@@H]3/C(=N/NC(=S)Nc4ccc(OC)cc4)C[C@@H]4C/C(=N/NC(=S)Nc5ccc(OC)cc5)CC[C@]4(C)[C@H]3CC[C@]12C. The monoisotopic (exact) mass is 760 g/mol. The standard InChI is InChI=1S/C41H56N6O4S2/c1-25(7-18-36(48)51-6)32-16-17-33-37-34(20-22-41(32,33)3)40(2)21-19-29(44-46-38(52)42-27-8-12-30(49-4)13-9-27)23-26(40)24-35(37)45-47-39(53)43-28-10-14-31(50-5)15-11-28/h8-15,25-26,32-34,37H,7,16-24H2,1-6H3,(H2,42,46,52)(H2,43,47,53)/b44-29+,45-35+/t25-,26+,32-,33+,34+,37+,40+,41-/m1/s1. The van der Waals surface area contributed by atoms with Gasteiger partial charge in [-0.15, -0.1) is 0 Å². The Bertz CT molecular complexity index is 1700. The lowest BCUT2D eigenvalue weighted by atomic mass is 9.44. The summed E-state index contributed by atoms with van der Waals surface area (Å²) in [6.45, 7) is 7.43. The van der Waals surface area contributed by atoms with Crippen molar-refractivity contribution in [1.29, 1.82) is 0 Å². The fraction of sp³-hybridized carbons (Fsp3) is 0.585. The number of ether oxygens (including phenoxy) is 3. The zero-order valence-corrected chi connectivity index (χ0v) is 33.6. The largest absolute Gasteiger partial charge is 0.497 e. The number of nitrogens with one attached hydrogen (secondary N) is 4. The number of nitrogens with zero attached hydrogens (tertiary/aromatic N) is 2. The average molecular weight is 761 g/mol. The maximum atomic E-state index is 12.1. The third kappa shape index (κ3) is 8.48. The number of thiocarbonyl (C=S) groups is 2. The number of benzene rings is 2. The summed E-state index contributed by atoms with van der Waals surface area (Å²) < 4.78 is 15.6. The zero-order valence-electron chi connectivity index (χ0n) is 32.0. The van der Waals surface area contributed by atoms with E-state index in [9.17, 15) is 4.79 Å². The Morgan fingerprint density at radius 1 is 0.811 bits per heavy atom. The van der Waals surface area contributed by atoms with Crippen LogP contribution in [0.3, 0.4) is 0 Å². The van der Waals surface area contributed by atoms with E-state index in [-0.39, 0.29) is 16.8 Å². The van der Waals surface area contributed by atoms with Crippen molar-refractivity contribution in [2.24, 2.45) is 56.5 Å². The Labute approximate surface area is 325 Å². The van der Waals surface area contributed by atoms with Gasteiger partial charge in [-0.05, 0) is 171 Å². The van der Waals surface area contributed by atoms with Crippen molar-refractivity contribution in [1.82, 2.24) is 10.9 Å². The minimum Gasteiger partial charge on any atom is -0.497 e. The molecule has 0 aliphatic heterocycles. The van der Waals surface area contributed by atoms with Crippen LogP contribution in [0.15, 0.2) is 58.7 Å². The van der Waals surface area contributed by atoms with Crippen LogP contribution in [0.1, 0.15) is 85.0 Å². The number of fused-ring (bicyclic) bond motifs is 5. The number of carbonyl (C=O) groups excluding carboxylic acids is 1. The first-order chi connectivity index (χ1) is 25.5. The third-order valence-corrected chi connectivity index (χ3v) is 13.8. The van der Waals surface area contributed by atoms with Crippen molar-refractivity contribution in [3.05, 3.63) is 48.5 Å². The maximum Gasteiger partial charge on any atom is 0.305 e. The van der Waals surface area contributed by atoms with Crippen LogP contribution in [0, 0.1) is 46.3 Å². The topological polar surface area (TPSA) is 118 Å². The number of anilines is 2. The van der Waals surface area contributed by atoms with Gasteiger partial charge in [-0.1, -0.05) is 20.8 Å². The molecule has 0 amide bonds. The Morgan fingerprint density at radius 3 is 1.98 bits per heavy atom. The van der Waals surface area contributed by atoms with Gasteiger partial charge in [0.25, 0.3) is 0 Å². The van der Waals surface area contributed by atoms with E-state index in [1.165, 1.54) is 38.5 Å². The average Bonchev–Trinajstić information content (AvgIpc) is 3.53. The van der Waals surface area contributed by atoms with Gasteiger partial charge in [-0.2, -0.15) is 10.2 Å². The molecule has 0 radical (unpaired) electrons. The molecule has 53 heavy (non-hydrogen) atoms. The van der Waals surface area contributed by atoms with E-state index in [4.69, 9.17) is 48.8 Å². The maximum absolute atomic E-state index is 12.1. The fourth-order valence-corrected chi connectivity index (χ4v) is 10.9. The Kier molecular flexibility index (Phi) is 12.3. The fourth-order valence-electron chi connectivity index (χ4n) is 10.5. The van der Waals surface area contributed by atoms with Crippen LogP contribution in [-0.2, 0) is 9.53 Å². The summed E-state index contributed by atoms with van der Waals surface area (Å²) in [5, 5.41) is 17.5. The van der Waals surface area contributed by atoms with Crippen LogP contribution in [0.25, 0.3) is 0 Å². The minimum absolute atomic E-state index is 0.114. The number of rotatable bonds is 10. The minimum atomic E-state index is -0.114. The van der Waals surface area contributed by atoms with Crippen LogP contribution in [0.4, 0.5) is 11.4 Å². The molecule has 0 bridgehead atoms. The van der Waals surface area contributed by atoms with Gasteiger partial charge in [-0.25, -0.2) is 0 Å². The van der Waals surface area contributed by atoms with Gasteiger partial charge in [0.2, 0.25) is 0 Å². The number of methoxy groups -OCH3 is 3. The molecule has 4 aliphatic rings. The van der Waals surface area contributed by atoms with Crippen LogP contribution in [0.2, 0.25) is 0 Å². The Balaban J connectivity index is 1.21. The normalized spacial score (nSPS) is 30.9. The molecule has 2 aromatic rings. The number of esters is 1. The summed E-state index contributed by atoms with van der Waals surface area (Å²) in [4.78, 5) is 12.1. The van der Waals surface area contributed by atoms with Crippen molar-refractivity contribution in [3.63, 3.8) is 0 Å². The van der Waals surface area contributed by atoms with E-state index < -0.39 is 0 Å². The second kappa shape index (κ2) is 16.7. The van der Waals surface area contributed by atoms with Crippen molar-refractivity contribution in [2.75, 3.05) is 32.0 Å². The molecule has 0 spiro atoms. The molecule has 12 heteroatoms. The molecule has 4 aliphatic carbocycles. The predicted octanol–water partition coefficient (Wildman–Crippen LogP) is 8.55. The molecule has 0 unspecified atom stereocenters. The van der Waals surface area contributed by atoms with E-state index >= 15 is 0 Å². The van der Waals surface area contributed by atoms with Crippen molar-refractivity contribution in [2.45, 2.75) is 85.0 Å². The number of carbonyl (C=O) groups is 1. The van der Waals surface area contributed by atoms with Gasteiger partial charge in [-0.3, -0.25) is 15.6 Å². The molecule has 0 heterocycles. The van der Waals surface area contributed by atoms with Crippen LogP contribution >= 0.6 is 24.4 Å².